The fraction of sp³-hybridized carbons (Fsp3) is 0.185. The molecule has 0 bridgehead atoms. The van der Waals surface area contributed by atoms with Crippen molar-refractivity contribution in [1.82, 2.24) is 10.3 Å². The highest BCUT2D eigenvalue weighted by molar-refractivity contribution is 6.22. The van der Waals surface area contributed by atoms with E-state index in [0.717, 1.165) is 35.3 Å². The number of esters is 1. The SMILES string of the molecule is COCCNCc1ccc(N=C(c2ccccc2)c2c(O)[nH]c3cc(C(=O)OC)ccc23)cc1. The number of aliphatic imine (C=N–C) groups is 1. The molecule has 0 radical (unpaired) electrons. The van der Waals surface area contributed by atoms with Crippen LogP contribution >= 0.6 is 0 Å². The predicted octanol–water partition coefficient (Wildman–Crippen LogP) is 4.57. The number of nitrogens with zero attached hydrogens (tertiary/aromatic N) is 1. The normalized spacial score (nSPS) is 11.6. The summed E-state index contributed by atoms with van der Waals surface area (Å²) in [5, 5.41) is 14.9. The Morgan fingerprint density at radius 2 is 1.76 bits per heavy atom. The Morgan fingerprint density at radius 1 is 1.00 bits per heavy atom. The number of fused-ring (bicyclic) bond motifs is 1. The molecular weight excluding hydrogens is 430 g/mol. The third-order valence-electron chi connectivity index (χ3n) is 5.47. The molecule has 0 spiro atoms. The Hall–Kier alpha value is -3.94. The average Bonchev–Trinajstić information content (AvgIpc) is 3.20. The maximum atomic E-state index is 11.9. The molecule has 174 valence electrons. The zero-order valence-corrected chi connectivity index (χ0v) is 19.2. The van der Waals surface area contributed by atoms with E-state index in [4.69, 9.17) is 14.5 Å². The van der Waals surface area contributed by atoms with Crippen LogP contribution in [0.15, 0.2) is 77.8 Å². The first-order valence-corrected chi connectivity index (χ1v) is 11.0. The number of carbonyl (C=O) groups is 1. The maximum Gasteiger partial charge on any atom is 0.337 e. The third kappa shape index (κ3) is 5.17. The number of hydrogen-bond acceptors (Lipinski definition) is 6. The van der Waals surface area contributed by atoms with Crippen LogP contribution in [0.1, 0.15) is 27.0 Å². The molecule has 0 atom stereocenters. The molecule has 34 heavy (non-hydrogen) atoms. The summed E-state index contributed by atoms with van der Waals surface area (Å²) in [4.78, 5) is 19.8. The number of ether oxygens (including phenoxy) is 2. The summed E-state index contributed by atoms with van der Waals surface area (Å²) in [6.07, 6.45) is 0. The van der Waals surface area contributed by atoms with Crippen LogP contribution in [0.25, 0.3) is 10.9 Å². The van der Waals surface area contributed by atoms with Crippen molar-refractivity contribution in [3.05, 3.63) is 95.1 Å². The molecular formula is C27H27N3O4. The molecule has 1 aromatic heterocycles. The van der Waals surface area contributed by atoms with Gasteiger partial charge in [0.25, 0.3) is 0 Å². The van der Waals surface area contributed by atoms with E-state index in [0.29, 0.717) is 29.0 Å². The number of rotatable bonds is 9. The van der Waals surface area contributed by atoms with Crippen molar-refractivity contribution >= 4 is 28.3 Å². The van der Waals surface area contributed by atoms with Crippen molar-refractivity contribution in [3.8, 4) is 5.88 Å². The Bertz CT molecular complexity index is 1290. The summed E-state index contributed by atoms with van der Waals surface area (Å²) in [6.45, 7) is 2.19. The molecule has 4 rings (SSSR count). The van der Waals surface area contributed by atoms with Crippen molar-refractivity contribution in [2.24, 2.45) is 4.99 Å². The van der Waals surface area contributed by atoms with Gasteiger partial charge < -0.3 is 24.9 Å². The summed E-state index contributed by atoms with van der Waals surface area (Å²) in [6, 6.07) is 22.8. The lowest BCUT2D eigenvalue weighted by Crippen LogP contribution is -2.18. The number of carbonyl (C=O) groups excluding carboxylic acids is 1. The molecule has 4 aromatic rings. The number of H-pyrrole nitrogens is 1. The molecule has 0 fully saturated rings. The molecule has 1 heterocycles. The van der Waals surface area contributed by atoms with Crippen LogP contribution in [0, 0.1) is 0 Å². The van der Waals surface area contributed by atoms with E-state index >= 15 is 0 Å². The van der Waals surface area contributed by atoms with E-state index in [1.165, 1.54) is 7.11 Å². The molecule has 0 aliphatic carbocycles. The van der Waals surface area contributed by atoms with Crippen molar-refractivity contribution < 1.29 is 19.4 Å². The minimum atomic E-state index is -0.439. The van der Waals surface area contributed by atoms with Gasteiger partial charge in [-0.15, -0.1) is 0 Å². The summed E-state index contributed by atoms with van der Waals surface area (Å²) in [5.41, 5.74) is 4.98. The van der Waals surface area contributed by atoms with Crippen LogP contribution in [0.4, 0.5) is 5.69 Å². The van der Waals surface area contributed by atoms with E-state index in [1.54, 1.807) is 25.3 Å². The fourth-order valence-corrected chi connectivity index (χ4v) is 3.75. The number of hydrogen-bond donors (Lipinski definition) is 3. The molecule has 3 N–H and O–H groups in total. The molecule has 3 aromatic carbocycles. The van der Waals surface area contributed by atoms with Gasteiger partial charge in [0.15, 0.2) is 5.88 Å². The standard InChI is InChI=1S/C27H27N3O4/c1-33-15-14-28-17-18-8-11-21(12-9-18)29-25(19-6-4-3-5-7-19)24-22-13-10-20(27(32)34-2)16-23(22)30-26(24)31/h3-13,16,28,30-31H,14-15,17H2,1-2H3. The lowest BCUT2D eigenvalue weighted by Gasteiger charge is -2.09. The summed E-state index contributed by atoms with van der Waals surface area (Å²) in [5.74, 6) is -0.454. The van der Waals surface area contributed by atoms with E-state index in [9.17, 15) is 9.90 Å². The molecule has 0 unspecified atom stereocenters. The van der Waals surface area contributed by atoms with Gasteiger partial charge in [0.1, 0.15) is 0 Å². The first kappa shape index (κ1) is 23.2. The first-order valence-electron chi connectivity index (χ1n) is 11.0. The summed E-state index contributed by atoms with van der Waals surface area (Å²) in [7, 11) is 3.02. The number of aromatic amines is 1. The number of aromatic nitrogens is 1. The Labute approximate surface area is 198 Å². The molecule has 0 aliphatic rings. The zero-order chi connectivity index (χ0) is 23.9. The lowest BCUT2D eigenvalue weighted by atomic mass is 10.00. The number of aromatic hydroxyl groups is 1. The molecule has 0 saturated carbocycles. The van der Waals surface area contributed by atoms with Crippen molar-refractivity contribution in [1.29, 1.82) is 0 Å². The quantitative estimate of drug-likeness (QED) is 0.194. The van der Waals surface area contributed by atoms with Gasteiger partial charge in [0, 0.05) is 36.7 Å². The van der Waals surface area contributed by atoms with E-state index in [2.05, 4.69) is 10.3 Å². The second kappa shape index (κ2) is 10.8. The van der Waals surface area contributed by atoms with Gasteiger partial charge in [0.05, 0.1) is 36.2 Å². The largest absolute Gasteiger partial charge is 0.494 e. The minimum Gasteiger partial charge on any atom is -0.494 e. The Balaban J connectivity index is 1.73. The minimum absolute atomic E-state index is 0.0152. The van der Waals surface area contributed by atoms with Gasteiger partial charge in [-0.3, -0.25) is 0 Å². The lowest BCUT2D eigenvalue weighted by molar-refractivity contribution is 0.0601. The van der Waals surface area contributed by atoms with Crippen LogP contribution in [0.5, 0.6) is 5.88 Å². The van der Waals surface area contributed by atoms with Gasteiger partial charge >= 0.3 is 5.97 Å². The molecule has 7 heteroatoms. The zero-order valence-electron chi connectivity index (χ0n) is 19.2. The Morgan fingerprint density at radius 3 is 2.47 bits per heavy atom. The molecule has 0 amide bonds. The van der Waals surface area contributed by atoms with Gasteiger partial charge in [0.2, 0.25) is 0 Å². The van der Waals surface area contributed by atoms with Crippen molar-refractivity contribution in [2.75, 3.05) is 27.4 Å². The van der Waals surface area contributed by atoms with Crippen LogP contribution < -0.4 is 5.32 Å². The second-order valence-corrected chi connectivity index (χ2v) is 7.76. The van der Waals surface area contributed by atoms with Gasteiger partial charge in [-0.05, 0) is 29.8 Å². The Kier molecular flexibility index (Phi) is 7.37. The van der Waals surface area contributed by atoms with Crippen LogP contribution in [0.3, 0.4) is 0 Å². The summed E-state index contributed by atoms with van der Waals surface area (Å²) >= 11 is 0. The van der Waals surface area contributed by atoms with Gasteiger partial charge in [-0.25, -0.2) is 9.79 Å². The van der Waals surface area contributed by atoms with E-state index in [-0.39, 0.29) is 5.88 Å². The molecule has 0 saturated heterocycles. The number of benzene rings is 3. The number of methoxy groups -OCH3 is 2. The highest BCUT2D eigenvalue weighted by atomic mass is 16.5. The van der Waals surface area contributed by atoms with Gasteiger partial charge in [-0.1, -0.05) is 48.5 Å². The topological polar surface area (TPSA) is 95.9 Å². The molecule has 7 nitrogen and oxygen atoms in total. The highest BCUT2D eigenvalue weighted by Gasteiger charge is 2.20. The first-order chi connectivity index (χ1) is 16.6. The van der Waals surface area contributed by atoms with Gasteiger partial charge in [-0.2, -0.15) is 0 Å². The summed E-state index contributed by atoms with van der Waals surface area (Å²) < 4.78 is 9.87. The van der Waals surface area contributed by atoms with Crippen LogP contribution in [-0.2, 0) is 16.0 Å². The van der Waals surface area contributed by atoms with E-state index < -0.39 is 5.97 Å². The van der Waals surface area contributed by atoms with Crippen molar-refractivity contribution in [2.45, 2.75) is 6.54 Å². The van der Waals surface area contributed by atoms with Crippen molar-refractivity contribution in [3.63, 3.8) is 0 Å². The molecule has 0 aliphatic heterocycles. The average molecular weight is 458 g/mol. The second-order valence-electron chi connectivity index (χ2n) is 7.76. The fourth-order valence-electron chi connectivity index (χ4n) is 3.75. The maximum absolute atomic E-state index is 11.9. The van der Waals surface area contributed by atoms with Crippen LogP contribution in [0.2, 0.25) is 0 Å². The van der Waals surface area contributed by atoms with Crippen LogP contribution in [-0.4, -0.2) is 49.1 Å². The van der Waals surface area contributed by atoms with E-state index in [1.807, 2.05) is 54.6 Å². The highest BCUT2D eigenvalue weighted by Crippen LogP contribution is 2.32. The third-order valence-corrected chi connectivity index (χ3v) is 5.47. The number of nitrogens with one attached hydrogen (secondary N) is 2. The predicted molar refractivity (Wildman–Crippen MR) is 133 cm³/mol. The smallest absolute Gasteiger partial charge is 0.337 e. The monoisotopic (exact) mass is 457 g/mol.